The van der Waals surface area contributed by atoms with E-state index >= 15 is 0 Å². The van der Waals surface area contributed by atoms with Gasteiger partial charge in [-0.3, -0.25) is 9.59 Å². The molecule has 0 aliphatic heterocycles. The second kappa shape index (κ2) is 19.7. The summed E-state index contributed by atoms with van der Waals surface area (Å²) in [6.07, 6.45) is 16.5. The fraction of sp³-hybridized carbons (Fsp3) is 0.870. The Morgan fingerprint density at radius 2 is 1.17 bits per heavy atom. The van der Waals surface area contributed by atoms with Gasteiger partial charge in [0.2, 0.25) is 5.91 Å². The summed E-state index contributed by atoms with van der Waals surface area (Å²) in [6.45, 7) is 3.95. The van der Waals surface area contributed by atoms with Crippen LogP contribution in [0.4, 0.5) is 0 Å². The van der Waals surface area contributed by atoms with Crippen molar-refractivity contribution < 1.29 is 24.2 Å². The minimum absolute atomic E-state index is 0.285. The Balaban J connectivity index is 3.75. The van der Waals surface area contributed by atoms with Gasteiger partial charge in [0.1, 0.15) is 6.61 Å². The second-order valence-corrected chi connectivity index (χ2v) is 7.88. The maximum atomic E-state index is 12.0. The van der Waals surface area contributed by atoms with Crippen LogP contribution >= 0.6 is 0 Å². The van der Waals surface area contributed by atoms with E-state index < -0.39 is 18.0 Å². The molecule has 0 aromatic carbocycles. The van der Waals surface area contributed by atoms with Crippen LogP contribution < -0.4 is 5.32 Å². The van der Waals surface area contributed by atoms with Crippen LogP contribution in [0.5, 0.6) is 0 Å². The molecule has 0 saturated heterocycles. The summed E-state index contributed by atoms with van der Waals surface area (Å²) in [5.74, 6) is -1.89. The number of hydrogen-bond donors (Lipinski definition) is 2. The number of carbonyl (C=O) groups is 3. The molecule has 6 heteroatoms. The third kappa shape index (κ3) is 18.2. The van der Waals surface area contributed by atoms with Crippen molar-refractivity contribution in [3.8, 4) is 0 Å². The van der Waals surface area contributed by atoms with Gasteiger partial charge in [0.05, 0.1) is 0 Å². The van der Waals surface area contributed by atoms with E-state index in [1.165, 1.54) is 51.4 Å². The van der Waals surface area contributed by atoms with E-state index in [-0.39, 0.29) is 18.9 Å². The summed E-state index contributed by atoms with van der Waals surface area (Å²) in [7, 11) is 0. The third-order valence-corrected chi connectivity index (χ3v) is 5.04. The van der Waals surface area contributed by atoms with Gasteiger partial charge in [0.15, 0.2) is 6.04 Å². The Kier molecular flexibility index (Phi) is 18.6. The number of hydrogen-bond acceptors (Lipinski definition) is 4. The number of rotatable bonds is 20. The maximum absolute atomic E-state index is 12.0. The van der Waals surface area contributed by atoms with Gasteiger partial charge >= 0.3 is 11.9 Å². The Labute approximate surface area is 177 Å². The Morgan fingerprint density at radius 3 is 1.69 bits per heavy atom. The molecule has 29 heavy (non-hydrogen) atoms. The summed E-state index contributed by atoms with van der Waals surface area (Å²) in [5.41, 5.74) is 0. The lowest BCUT2D eigenvalue weighted by Crippen LogP contribution is -2.44. The third-order valence-electron chi connectivity index (χ3n) is 5.04. The summed E-state index contributed by atoms with van der Waals surface area (Å²) in [4.78, 5) is 34.8. The van der Waals surface area contributed by atoms with Crippen LogP contribution in [-0.2, 0) is 19.1 Å². The molecule has 0 unspecified atom stereocenters. The van der Waals surface area contributed by atoms with Crippen molar-refractivity contribution in [2.75, 3.05) is 6.61 Å². The predicted molar refractivity (Wildman–Crippen MR) is 116 cm³/mol. The molecule has 0 heterocycles. The fourth-order valence-electron chi connectivity index (χ4n) is 3.16. The van der Waals surface area contributed by atoms with Crippen molar-refractivity contribution in [3.05, 3.63) is 0 Å². The van der Waals surface area contributed by atoms with E-state index in [0.717, 1.165) is 38.5 Å². The zero-order valence-corrected chi connectivity index (χ0v) is 18.7. The molecule has 170 valence electrons. The standard InChI is InChI=1S/C23H43NO5/c1-3-5-7-8-9-10-11-12-13-14-16-17-21(25)24-20(23(27)28)19-29-22(26)18-15-6-4-2/h20H,3-19H2,1-2H3,(H,24,25)(H,27,28)/t20-/m1/s1. The van der Waals surface area contributed by atoms with Crippen LogP contribution in [0.3, 0.4) is 0 Å². The molecule has 1 atom stereocenters. The molecule has 0 fully saturated rings. The van der Waals surface area contributed by atoms with Crippen LogP contribution in [-0.4, -0.2) is 35.6 Å². The number of carbonyl (C=O) groups excluding carboxylic acids is 2. The minimum Gasteiger partial charge on any atom is -0.480 e. The van der Waals surface area contributed by atoms with E-state index in [9.17, 15) is 19.5 Å². The van der Waals surface area contributed by atoms with Gasteiger partial charge in [-0.05, 0) is 12.8 Å². The number of unbranched alkanes of at least 4 members (excludes halogenated alkanes) is 12. The first-order valence-corrected chi connectivity index (χ1v) is 11.7. The Hall–Kier alpha value is -1.59. The van der Waals surface area contributed by atoms with Gasteiger partial charge in [0.25, 0.3) is 0 Å². The fourth-order valence-corrected chi connectivity index (χ4v) is 3.16. The number of nitrogens with one attached hydrogen (secondary N) is 1. The Bertz CT molecular complexity index is 439. The SMILES string of the molecule is CCCCCCCCCCCCCC(=O)N[C@H](COC(=O)CCCCC)C(=O)O. The molecule has 6 nitrogen and oxygen atoms in total. The van der Waals surface area contributed by atoms with Crippen molar-refractivity contribution in [1.29, 1.82) is 0 Å². The highest BCUT2D eigenvalue weighted by Crippen LogP contribution is 2.12. The average molecular weight is 414 g/mol. The molecule has 1 amide bonds. The summed E-state index contributed by atoms with van der Waals surface area (Å²) in [6, 6.07) is -1.18. The molecule has 0 bridgehead atoms. The zero-order chi connectivity index (χ0) is 21.7. The highest BCUT2D eigenvalue weighted by atomic mass is 16.5. The van der Waals surface area contributed by atoms with Crippen LogP contribution in [0.1, 0.15) is 117 Å². The molecule has 0 radical (unpaired) electrons. The number of ether oxygens (including phenoxy) is 1. The maximum Gasteiger partial charge on any atom is 0.329 e. The lowest BCUT2D eigenvalue weighted by molar-refractivity contribution is -0.150. The first-order valence-electron chi connectivity index (χ1n) is 11.7. The number of esters is 1. The Morgan fingerprint density at radius 1 is 0.724 bits per heavy atom. The first-order chi connectivity index (χ1) is 14.0. The monoisotopic (exact) mass is 413 g/mol. The largest absolute Gasteiger partial charge is 0.480 e. The summed E-state index contributed by atoms with van der Waals surface area (Å²) >= 11 is 0. The van der Waals surface area contributed by atoms with Gasteiger partial charge in [-0.1, -0.05) is 90.9 Å². The van der Waals surface area contributed by atoms with Crippen molar-refractivity contribution in [1.82, 2.24) is 5.32 Å². The molecule has 0 saturated carbocycles. The molecule has 0 aliphatic carbocycles. The number of carboxylic acids is 1. The van der Waals surface area contributed by atoms with Gasteiger partial charge in [-0.25, -0.2) is 4.79 Å². The molecule has 2 N–H and O–H groups in total. The van der Waals surface area contributed by atoms with E-state index in [1.807, 2.05) is 6.92 Å². The van der Waals surface area contributed by atoms with Gasteiger partial charge in [0, 0.05) is 12.8 Å². The first kappa shape index (κ1) is 27.4. The van der Waals surface area contributed by atoms with Crippen LogP contribution in [0.25, 0.3) is 0 Å². The van der Waals surface area contributed by atoms with Gasteiger partial charge in [-0.2, -0.15) is 0 Å². The molecule has 0 aromatic heterocycles. The van der Waals surface area contributed by atoms with Crippen molar-refractivity contribution in [2.24, 2.45) is 0 Å². The highest BCUT2D eigenvalue weighted by Gasteiger charge is 2.21. The van der Waals surface area contributed by atoms with E-state index in [0.29, 0.717) is 6.42 Å². The van der Waals surface area contributed by atoms with Crippen molar-refractivity contribution in [2.45, 2.75) is 123 Å². The average Bonchev–Trinajstić information content (AvgIpc) is 2.69. The quantitative estimate of drug-likeness (QED) is 0.206. The molecule has 0 spiro atoms. The topological polar surface area (TPSA) is 92.7 Å². The second-order valence-electron chi connectivity index (χ2n) is 7.88. The summed E-state index contributed by atoms with van der Waals surface area (Å²) in [5, 5.41) is 11.7. The van der Waals surface area contributed by atoms with E-state index in [4.69, 9.17) is 4.74 Å². The van der Waals surface area contributed by atoms with Crippen LogP contribution in [0.15, 0.2) is 0 Å². The molecule has 0 rings (SSSR count). The van der Waals surface area contributed by atoms with E-state index in [1.54, 1.807) is 0 Å². The molecule has 0 aromatic rings. The zero-order valence-electron chi connectivity index (χ0n) is 18.7. The van der Waals surface area contributed by atoms with E-state index in [2.05, 4.69) is 12.2 Å². The predicted octanol–water partition coefficient (Wildman–Crippen LogP) is 5.38. The van der Waals surface area contributed by atoms with Crippen LogP contribution in [0, 0.1) is 0 Å². The van der Waals surface area contributed by atoms with Gasteiger partial charge in [-0.15, -0.1) is 0 Å². The minimum atomic E-state index is -1.18. The van der Waals surface area contributed by atoms with Crippen molar-refractivity contribution in [3.63, 3.8) is 0 Å². The number of amides is 1. The molecular formula is C23H43NO5. The summed E-state index contributed by atoms with van der Waals surface area (Å²) < 4.78 is 4.99. The molecule has 0 aliphatic rings. The lowest BCUT2D eigenvalue weighted by Gasteiger charge is -2.15. The normalized spacial score (nSPS) is 11.8. The number of aliphatic carboxylic acids is 1. The van der Waals surface area contributed by atoms with Crippen molar-refractivity contribution >= 4 is 17.8 Å². The molecular weight excluding hydrogens is 370 g/mol. The number of carboxylic acid groups (broad SMARTS) is 1. The van der Waals surface area contributed by atoms with Gasteiger partial charge < -0.3 is 15.2 Å². The lowest BCUT2D eigenvalue weighted by atomic mass is 10.1. The smallest absolute Gasteiger partial charge is 0.329 e. The highest BCUT2D eigenvalue weighted by molar-refractivity contribution is 5.83. The van der Waals surface area contributed by atoms with Crippen LogP contribution in [0.2, 0.25) is 0 Å².